The molecule has 0 unspecified atom stereocenters. The lowest BCUT2D eigenvalue weighted by molar-refractivity contribution is 0.293. The number of pyridine rings is 3. The fourth-order valence-corrected chi connectivity index (χ4v) is 2.80. The molecule has 0 amide bonds. The second-order valence-corrected chi connectivity index (χ2v) is 6.66. The van der Waals surface area contributed by atoms with Gasteiger partial charge in [-0.05, 0) is 60.0 Å². The summed E-state index contributed by atoms with van der Waals surface area (Å²) < 4.78 is 37.6. The quantitative estimate of drug-likeness (QED) is 0.598. The summed E-state index contributed by atoms with van der Waals surface area (Å²) in [6, 6.07) is 5.57. The van der Waals surface area contributed by atoms with E-state index in [1.165, 1.54) is 22.9 Å². The van der Waals surface area contributed by atoms with Crippen LogP contribution < -0.4 is 10.3 Å². The third-order valence-corrected chi connectivity index (χ3v) is 4.15. The second-order valence-electron chi connectivity index (χ2n) is 5.85. The fourth-order valence-electron chi connectivity index (χ4n) is 2.49. The van der Waals surface area contributed by atoms with Gasteiger partial charge in [0.25, 0.3) is 5.56 Å². The van der Waals surface area contributed by atoms with E-state index >= 15 is 0 Å². The Balaban J connectivity index is 2.01. The maximum Gasteiger partial charge on any atom is 0.259 e. The summed E-state index contributed by atoms with van der Waals surface area (Å²) in [5, 5.41) is 0. The summed E-state index contributed by atoms with van der Waals surface area (Å²) in [5.74, 6) is -0.830. The van der Waals surface area contributed by atoms with Crippen LogP contribution >= 0.6 is 15.9 Å². The summed E-state index contributed by atoms with van der Waals surface area (Å²) in [6.45, 7) is 2.63. The van der Waals surface area contributed by atoms with Crippen molar-refractivity contribution in [2.45, 2.75) is 27.3 Å². The zero-order valence-corrected chi connectivity index (χ0v) is 16.0. The molecular formula is C19H17BrFN3O2. The van der Waals surface area contributed by atoms with E-state index in [0.29, 0.717) is 21.5 Å². The van der Waals surface area contributed by atoms with Gasteiger partial charge in [0.1, 0.15) is 28.4 Å². The van der Waals surface area contributed by atoms with Crippen molar-refractivity contribution in [3.63, 3.8) is 0 Å². The molecular weight excluding hydrogens is 401 g/mol. The van der Waals surface area contributed by atoms with Gasteiger partial charge in [-0.3, -0.25) is 14.3 Å². The molecule has 0 aliphatic rings. The molecule has 0 aliphatic heterocycles. The van der Waals surface area contributed by atoms with Crippen molar-refractivity contribution < 1.29 is 11.9 Å². The molecule has 3 aromatic rings. The van der Waals surface area contributed by atoms with Crippen molar-refractivity contribution in [2.24, 2.45) is 0 Å². The molecule has 0 aromatic carbocycles. The first-order valence-corrected chi connectivity index (χ1v) is 8.55. The Kier molecular flexibility index (Phi) is 4.45. The van der Waals surface area contributed by atoms with E-state index in [9.17, 15) is 9.18 Å². The Morgan fingerprint density at radius 2 is 1.96 bits per heavy atom. The van der Waals surface area contributed by atoms with Crippen LogP contribution in [0.3, 0.4) is 0 Å². The molecule has 134 valence electrons. The lowest BCUT2D eigenvalue weighted by Gasteiger charge is -2.14. The Morgan fingerprint density at radius 1 is 1.19 bits per heavy atom. The van der Waals surface area contributed by atoms with Crippen LogP contribution in [-0.4, -0.2) is 14.5 Å². The molecule has 5 nitrogen and oxygen atoms in total. The highest BCUT2D eigenvalue weighted by Crippen LogP contribution is 2.20. The van der Waals surface area contributed by atoms with Gasteiger partial charge < -0.3 is 4.74 Å². The Labute approximate surface area is 161 Å². The van der Waals surface area contributed by atoms with Gasteiger partial charge in [0.05, 0.1) is 8.43 Å². The molecule has 3 rings (SSSR count). The van der Waals surface area contributed by atoms with E-state index < -0.39 is 23.6 Å². The molecule has 0 aliphatic carbocycles. The predicted molar refractivity (Wildman–Crippen MR) is 100 cm³/mol. The predicted octanol–water partition coefficient (Wildman–Crippen LogP) is 4.03. The number of aromatic nitrogens is 3. The largest absolute Gasteiger partial charge is 0.487 e. The van der Waals surface area contributed by atoms with Crippen LogP contribution in [0.5, 0.6) is 5.75 Å². The maximum atomic E-state index is 14.1. The van der Waals surface area contributed by atoms with Crippen LogP contribution in [0.4, 0.5) is 4.39 Å². The van der Waals surface area contributed by atoms with Gasteiger partial charge in [-0.2, -0.15) is 0 Å². The fraction of sp³-hybridized carbons (Fsp3) is 0.211. The van der Waals surface area contributed by atoms with Gasteiger partial charge in [-0.1, -0.05) is 0 Å². The summed E-state index contributed by atoms with van der Waals surface area (Å²) in [7, 11) is 0. The standard InChI is InChI=1S/C19H17BrFN3O2/c1-11-4-15(21)16(22-8-11)10-26-14-5-13(3)24(19(25)6-14)17-7-18(20)23-9-12(17)2/h4-9H,10H2,1-3H3/i10D2. The number of hydrogen-bond acceptors (Lipinski definition) is 4. The first-order valence-electron chi connectivity index (χ1n) is 8.76. The lowest BCUT2D eigenvalue weighted by atomic mass is 10.2. The van der Waals surface area contributed by atoms with Crippen LogP contribution in [0.2, 0.25) is 0 Å². The van der Waals surface area contributed by atoms with E-state index in [4.69, 9.17) is 7.48 Å². The molecule has 0 saturated carbocycles. The molecule has 0 saturated heterocycles. The van der Waals surface area contributed by atoms with Gasteiger partial charge in [0.2, 0.25) is 0 Å². The van der Waals surface area contributed by atoms with Crippen molar-refractivity contribution >= 4 is 15.9 Å². The zero-order valence-electron chi connectivity index (χ0n) is 16.4. The normalized spacial score (nSPS) is 12.5. The van der Waals surface area contributed by atoms with Gasteiger partial charge in [-0.25, -0.2) is 9.37 Å². The average Bonchev–Trinajstić information content (AvgIpc) is 2.56. The van der Waals surface area contributed by atoms with Crippen molar-refractivity contribution in [1.29, 1.82) is 0 Å². The molecule has 0 bridgehead atoms. The monoisotopic (exact) mass is 419 g/mol. The molecule has 26 heavy (non-hydrogen) atoms. The topological polar surface area (TPSA) is 57.0 Å². The number of ether oxygens (including phenoxy) is 1. The van der Waals surface area contributed by atoms with Crippen LogP contribution in [0.15, 0.2) is 46.1 Å². The lowest BCUT2D eigenvalue weighted by Crippen LogP contribution is -2.21. The van der Waals surface area contributed by atoms with E-state index in [1.54, 1.807) is 26.1 Å². The molecule has 3 heterocycles. The molecule has 7 heteroatoms. The first-order chi connectivity index (χ1) is 13.1. The van der Waals surface area contributed by atoms with E-state index in [0.717, 1.165) is 11.6 Å². The van der Waals surface area contributed by atoms with Crippen LogP contribution in [0.1, 0.15) is 25.3 Å². The minimum Gasteiger partial charge on any atom is -0.487 e. The van der Waals surface area contributed by atoms with Crippen molar-refractivity contribution in [3.05, 3.63) is 79.9 Å². The van der Waals surface area contributed by atoms with E-state index in [2.05, 4.69) is 25.9 Å². The molecule has 0 N–H and O–H groups in total. The smallest absolute Gasteiger partial charge is 0.259 e. The second kappa shape index (κ2) is 7.37. The SMILES string of the molecule is [2H]C([2H])(Oc1cc(C)n(-c2cc(Br)ncc2C)c(=O)c1)c1ncc(C)cc1F. The summed E-state index contributed by atoms with van der Waals surface area (Å²) >= 11 is 3.29. The van der Waals surface area contributed by atoms with Crippen molar-refractivity contribution in [3.8, 4) is 11.4 Å². The molecule has 0 fully saturated rings. The summed E-state index contributed by atoms with van der Waals surface area (Å²) in [6.07, 6.45) is 2.99. The number of hydrogen-bond donors (Lipinski definition) is 0. The molecule has 0 atom stereocenters. The number of nitrogens with zero attached hydrogens (tertiary/aromatic N) is 3. The van der Waals surface area contributed by atoms with Crippen LogP contribution in [-0.2, 0) is 6.56 Å². The summed E-state index contributed by atoms with van der Waals surface area (Å²) in [5.41, 5.74) is 1.64. The zero-order chi connectivity index (χ0) is 20.6. The van der Waals surface area contributed by atoms with Gasteiger partial charge >= 0.3 is 0 Å². The van der Waals surface area contributed by atoms with Gasteiger partial charge in [0, 0.05) is 30.2 Å². The molecule has 0 radical (unpaired) electrons. The van der Waals surface area contributed by atoms with Crippen molar-refractivity contribution in [1.82, 2.24) is 14.5 Å². The summed E-state index contributed by atoms with van der Waals surface area (Å²) in [4.78, 5) is 20.6. The highest BCUT2D eigenvalue weighted by atomic mass is 79.9. The molecule has 3 aromatic heterocycles. The van der Waals surface area contributed by atoms with Gasteiger partial charge in [0.15, 0.2) is 0 Å². The minimum atomic E-state index is -2.54. The third kappa shape index (κ3) is 3.83. The number of halogens is 2. The van der Waals surface area contributed by atoms with Crippen molar-refractivity contribution in [2.75, 3.05) is 0 Å². The number of aryl methyl sites for hydroxylation is 3. The maximum absolute atomic E-state index is 14.1. The highest BCUT2D eigenvalue weighted by molar-refractivity contribution is 9.10. The van der Waals surface area contributed by atoms with Gasteiger partial charge in [-0.15, -0.1) is 0 Å². The van der Waals surface area contributed by atoms with Crippen LogP contribution in [0.25, 0.3) is 5.69 Å². The van der Waals surface area contributed by atoms with Crippen LogP contribution in [0, 0.1) is 26.6 Å². The minimum absolute atomic E-state index is 0.0173. The number of rotatable bonds is 4. The van der Waals surface area contributed by atoms with E-state index in [1.807, 2.05) is 6.92 Å². The third-order valence-electron chi connectivity index (χ3n) is 3.72. The Hall–Kier alpha value is -2.54. The highest BCUT2D eigenvalue weighted by Gasteiger charge is 2.11. The Bertz CT molecular complexity index is 1120. The first kappa shape index (κ1) is 15.7. The Morgan fingerprint density at radius 3 is 2.65 bits per heavy atom. The van der Waals surface area contributed by atoms with E-state index in [-0.39, 0.29) is 5.75 Å². The average molecular weight is 420 g/mol. The molecule has 0 spiro atoms.